The molecule has 1 N–H and O–H groups in total. The predicted molar refractivity (Wildman–Crippen MR) is 65.9 cm³/mol. The van der Waals surface area contributed by atoms with E-state index in [1.807, 2.05) is 6.07 Å². The number of nitrogens with zero attached hydrogens (tertiary/aromatic N) is 3. The number of halogens is 1. The standard InChI is InChI=1S/C11H14N4.ClH/c12-9-10-2-4-14-11(8-10)15-6-1-3-13-5-7-15;/h2,4,8,13H,1,3,5-7H2;1H. The normalized spacial score (nSPS) is 15.8. The van der Waals surface area contributed by atoms with Crippen LogP contribution in [0.3, 0.4) is 0 Å². The Morgan fingerprint density at radius 2 is 2.25 bits per heavy atom. The zero-order valence-corrected chi connectivity index (χ0v) is 9.83. The van der Waals surface area contributed by atoms with Crippen molar-refractivity contribution in [3.63, 3.8) is 0 Å². The van der Waals surface area contributed by atoms with E-state index in [2.05, 4.69) is 21.3 Å². The number of hydrogen-bond donors (Lipinski definition) is 1. The molecule has 0 aromatic carbocycles. The Hall–Kier alpha value is -1.31. The van der Waals surface area contributed by atoms with Crippen LogP contribution in [0.5, 0.6) is 0 Å². The second kappa shape index (κ2) is 6.31. The fourth-order valence-corrected chi connectivity index (χ4v) is 1.74. The molecule has 4 nitrogen and oxygen atoms in total. The summed E-state index contributed by atoms with van der Waals surface area (Å²) in [5.74, 6) is 0.915. The summed E-state index contributed by atoms with van der Waals surface area (Å²) < 4.78 is 0. The number of aromatic nitrogens is 1. The first-order chi connectivity index (χ1) is 7.40. The van der Waals surface area contributed by atoms with Crippen LogP contribution in [-0.2, 0) is 0 Å². The molecule has 1 fully saturated rings. The molecule has 0 amide bonds. The third kappa shape index (κ3) is 3.09. The Kier molecular flexibility index (Phi) is 5.03. The van der Waals surface area contributed by atoms with Gasteiger partial charge in [-0.15, -0.1) is 12.4 Å². The van der Waals surface area contributed by atoms with Crippen molar-refractivity contribution in [1.29, 1.82) is 5.26 Å². The molecule has 0 radical (unpaired) electrons. The first-order valence-corrected chi connectivity index (χ1v) is 5.22. The maximum Gasteiger partial charge on any atom is 0.129 e. The van der Waals surface area contributed by atoms with Crippen LogP contribution in [0.2, 0.25) is 0 Å². The van der Waals surface area contributed by atoms with Gasteiger partial charge in [0.05, 0.1) is 11.6 Å². The highest BCUT2D eigenvalue weighted by molar-refractivity contribution is 5.85. The van der Waals surface area contributed by atoms with E-state index in [4.69, 9.17) is 5.26 Å². The van der Waals surface area contributed by atoms with Gasteiger partial charge in [-0.25, -0.2) is 4.98 Å². The van der Waals surface area contributed by atoms with E-state index in [-0.39, 0.29) is 12.4 Å². The maximum absolute atomic E-state index is 8.81. The van der Waals surface area contributed by atoms with Crippen molar-refractivity contribution in [2.75, 3.05) is 31.1 Å². The topological polar surface area (TPSA) is 52.0 Å². The van der Waals surface area contributed by atoms with Gasteiger partial charge in [0.1, 0.15) is 5.82 Å². The summed E-state index contributed by atoms with van der Waals surface area (Å²) in [5, 5.41) is 12.1. The molecule has 0 spiro atoms. The van der Waals surface area contributed by atoms with Crippen LogP contribution in [0.25, 0.3) is 0 Å². The Balaban J connectivity index is 0.00000128. The van der Waals surface area contributed by atoms with Gasteiger partial charge in [-0.1, -0.05) is 0 Å². The third-order valence-electron chi connectivity index (χ3n) is 2.54. The van der Waals surface area contributed by atoms with Crippen molar-refractivity contribution < 1.29 is 0 Å². The number of pyridine rings is 1. The van der Waals surface area contributed by atoms with Crippen LogP contribution >= 0.6 is 12.4 Å². The summed E-state index contributed by atoms with van der Waals surface area (Å²) in [5.41, 5.74) is 0.678. The zero-order chi connectivity index (χ0) is 10.5. The van der Waals surface area contributed by atoms with E-state index in [1.54, 1.807) is 12.3 Å². The molecule has 0 bridgehead atoms. The number of hydrogen-bond acceptors (Lipinski definition) is 4. The van der Waals surface area contributed by atoms with Gasteiger partial charge in [0.2, 0.25) is 0 Å². The molecule has 1 aliphatic heterocycles. The Bertz CT molecular complexity index is 366. The first-order valence-electron chi connectivity index (χ1n) is 5.22. The van der Waals surface area contributed by atoms with Gasteiger partial charge in [-0.2, -0.15) is 5.26 Å². The highest BCUT2D eigenvalue weighted by Crippen LogP contribution is 2.12. The average Bonchev–Trinajstić information content (AvgIpc) is 2.58. The number of anilines is 1. The van der Waals surface area contributed by atoms with Gasteiger partial charge in [0.15, 0.2) is 0 Å². The molecule has 2 heterocycles. The summed E-state index contributed by atoms with van der Waals surface area (Å²) in [7, 11) is 0. The molecule has 16 heavy (non-hydrogen) atoms. The first kappa shape index (κ1) is 12.8. The molecule has 1 saturated heterocycles. The van der Waals surface area contributed by atoms with Gasteiger partial charge < -0.3 is 10.2 Å². The second-order valence-corrected chi connectivity index (χ2v) is 3.61. The third-order valence-corrected chi connectivity index (χ3v) is 2.54. The monoisotopic (exact) mass is 238 g/mol. The number of nitrogens with one attached hydrogen (secondary N) is 1. The largest absolute Gasteiger partial charge is 0.355 e. The highest BCUT2D eigenvalue weighted by atomic mass is 35.5. The highest BCUT2D eigenvalue weighted by Gasteiger charge is 2.10. The molecule has 0 atom stereocenters. The van der Waals surface area contributed by atoms with E-state index < -0.39 is 0 Å². The van der Waals surface area contributed by atoms with E-state index in [1.165, 1.54) is 0 Å². The van der Waals surface area contributed by atoms with Crippen molar-refractivity contribution in [2.45, 2.75) is 6.42 Å². The van der Waals surface area contributed by atoms with Gasteiger partial charge in [-0.05, 0) is 25.1 Å². The Labute approximate surface area is 102 Å². The van der Waals surface area contributed by atoms with Crippen molar-refractivity contribution in [2.24, 2.45) is 0 Å². The quantitative estimate of drug-likeness (QED) is 0.798. The summed E-state index contributed by atoms with van der Waals surface area (Å²) in [6.45, 7) is 4.02. The lowest BCUT2D eigenvalue weighted by Crippen LogP contribution is -2.28. The van der Waals surface area contributed by atoms with Gasteiger partial charge in [0.25, 0.3) is 0 Å². The smallest absolute Gasteiger partial charge is 0.129 e. The van der Waals surface area contributed by atoms with Crippen LogP contribution < -0.4 is 10.2 Å². The minimum absolute atomic E-state index is 0. The second-order valence-electron chi connectivity index (χ2n) is 3.61. The van der Waals surface area contributed by atoms with Crippen molar-refractivity contribution >= 4 is 18.2 Å². The van der Waals surface area contributed by atoms with Crippen molar-refractivity contribution in [1.82, 2.24) is 10.3 Å². The maximum atomic E-state index is 8.81. The molecule has 0 aliphatic carbocycles. The lowest BCUT2D eigenvalue weighted by Gasteiger charge is -2.20. The fourth-order valence-electron chi connectivity index (χ4n) is 1.74. The van der Waals surface area contributed by atoms with E-state index in [9.17, 15) is 0 Å². The SMILES string of the molecule is Cl.N#Cc1ccnc(N2CCCNCC2)c1. The van der Waals surface area contributed by atoms with Gasteiger partial charge in [0, 0.05) is 25.8 Å². The lowest BCUT2D eigenvalue weighted by molar-refractivity contribution is 0.724. The van der Waals surface area contributed by atoms with Crippen LogP contribution in [0.15, 0.2) is 18.3 Å². The molecular weight excluding hydrogens is 224 g/mol. The summed E-state index contributed by atoms with van der Waals surface area (Å²) in [6.07, 6.45) is 2.82. The van der Waals surface area contributed by atoms with Crippen LogP contribution in [0, 0.1) is 11.3 Å². The van der Waals surface area contributed by atoms with Crippen molar-refractivity contribution in [3.05, 3.63) is 23.9 Å². The minimum Gasteiger partial charge on any atom is -0.355 e. The Morgan fingerprint density at radius 1 is 1.38 bits per heavy atom. The van der Waals surface area contributed by atoms with Crippen molar-refractivity contribution in [3.8, 4) is 6.07 Å². The average molecular weight is 239 g/mol. The Morgan fingerprint density at radius 3 is 3.06 bits per heavy atom. The van der Waals surface area contributed by atoms with E-state index >= 15 is 0 Å². The lowest BCUT2D eigenvalue weighted by atomic mass is 10.2. The summed E-state index contributed by atoms with van der Waals surface area (Å²) in [6, 6.07) is 5.73. The van der Waals surface area contributed by atoms with Crippen LogP contribution in [-0.4, -0.2) is 31.2 Å². The van der Waals surface area contributed by atoms with E-state index in [0.717, 1.165) is 38.4 Å². The molecule has 1 aromatic heterocycles. The van der Waals surface area contributed by atoms with Gasteiger partial charge >= 0.3 is 0 Å². The molecule has 1 aromatic rings. The molecule has 0 saturated carbocycles. The molecular formula is C11H15ClN4. The predicted octanol–water partition coefficient (Wildman–Crippen LogP) is 1.17. The molecule has 5 heteroatoms. The number of nitriles is 1. The number of rotatable bonds is 1. The molecule has 2 rings (SSSR count). The van der Waals surface area contributed by atoms with Gasteiger partial charge in [-0.3, -0.25) is 0 Å². The molecule has 86 valence electrons. The molecule has 1 aliphatic rings. The minimum atomic E-state index is 0. The zero-order valence-electron chi connectivity index (χ0n) is 9.02. The summed E-state index contributed by atoms with van der Waals surface area (Å²) in [4.78, 5) is 6.52. The van der Waals surface area contributed by atoms with E-state index in [0.29, 0.717) is 5.56 Å². The summed E-state index contributed by atoms with van der Waals surface area (Å²) >= 11 is 0. The van der Waals surface area contributed by atoms with Crippen LogP contribution in [0.4, 0.5) is 5.82 Å². The fraction of sp³-hybridized carbons (Fsp3) is 0.455. The molecule has 0 unspecified atom stereocenters. The van der Waals surface area contributed by atoms with Crippen LogP contribution in [0.1, 0.15) is 12.0 Å².